The molecule has 3 aromatic rings. The highest BCUT2D eigenvalue weighted by atomic mass is 32.2. The van der Waals surface area contributed by atoms with Gasteiger partial charge in [-0.25, -0.2) is 9.97 Å². The van der Waals surface area contributed by atoms with E-state index < -0.39 is 0 Å². The van der Waals surface area contributed by atoms with E-state index in [0.717, 1.165) is 5.69 Å². The van der Waals surface area contributed by atoms with Crippen LogP contribution in [0.25, 0.3) is 11.0 Å². The summed E-state index contributed by atoms with van der Waals surface area (Å²) in [7, 11) is 0. The zero-order chi connectivity index (χ0) is 15.4. The maximum absolute atomic E-state index is 11.5. The first kappa shape index (κ1) is 14.3. The van der Waals surface area contributed by atoms with E-state index in [1.54, 1.807) is 30.5 Å². The molecule has 0 aliphatic heterocycles. The van der Waals surface area contributed by atoms with Crippen LogP contribution in [0.1, 0.15) is 0 Å². The van der Waals surface area contributed by atoms with Crippen LogP contribution in [0.15, 0.2) is 36.8 Å². The van der Waals surface area contributed by atoms with Gasteiger partial charge in [-0.3, -0.25) is 9.89 Å². The molecule has 8 heteroatoms. The number of H-pyrrole nitrogens is 1. The Morgan fingerprint density at radius 1 is 1.32 bits per heavy atom. The lowest BCUT2D eigenvalue weighted by Crippen LogP contribution is -2.13. The van der Waals surface area contributed by atoms with Crippen LogP contribution in [0.5, 0.6) is 11.6 Å². The molecule has 0 radical (unpaired) electrons. The van der Waals surface area contributed by atoms with Crippen LogP contribution in [0.2, 0.25) is 0 Å². The maximum Gasteiger partial charge on any atom is 0.234 e. The Hall–Kier alpha value is -2.61. The number of amides is 1. The molecule has 0 aliphatic rings. The van der Waals surface area contributed by atoms with Gasteiger partial charge in [-0.05, 0) is 30.5 Å². The number of ether oxygens (including phenoxy) is 1. The number of aromatic amines is 1. The first-order valence-electron chi connectivity index (χ1n) is 6.47. The van der Waals surface area contributed by atoms with Gasteiger partial charge in [0.2, 0.25) is 11.8 Å². The zero-order valence-electron chi connectivity index (χ0n) is 11.7. The standard InChI is InChI=1S/C14H13N5O2S/c1-22-7-12(20)18-9-2-4-10(5-3-9)21-14-11-6-17-19-13(11)15-8-16-14/h2-6,8H,7H2,1H3,(H,18,20)(H,15,16,17,19). The second kappa shape index (κ2) is 6.44. The van der Waals surface area contributed by atoms with Crippen LogP contribution < -0.4 is 10.1 Å². The Labute approximate surface area is 130 Å². The van der Waals surface area contributed by atoms with Gasteiger partial charge in [0.1, 0.15) is 17.5 Å². The van der Waals surface area contributed by atoms with Crippen molar-refractivity contribution in [3.63, 3.8) is 0 Å². The Kier molecular flexibility index (Phi) is 4.19. The minimum atomic E-state index is -0.0305. The van der Waals surface area contributed by atoms with E-state index >= 15 is 0 Å². The lowest BCUT2D eigenvalue weighted by molar-refractivity contribution is -0.113. The molecule has 22 heavy (non-hydrogen) atoms. The van der Waals surface area contributed by atoms with Crippen LogP contribution in [0, 0.1) is 0 Å². The van der Waals surface area contributed by atoms with Gasteiger partial charge in [0.15, 0.2) is 5.65 Å². The normalized spacial score (nSPS) is 10.6. The van der Waals surface area contributed by atoms with Crippen molar-refractivity contribution in [2.24, 2.45) is 0 Å². The molecule has 0 bridgehead atoms. The van der Waals surface area contributed by atoms with Crippen molar-refractivity contribution in [3.05, 3.63) is 36.8 Å². The Balaban J connectivity index is 1.73. The summed E-state index contributed by atoms with van der Waals surface area (Å²) in [4.78, 5) is 19.7. The molecule has 0 aliphatic carbocycles. The molecular weight excluding hydrogens is 302 g/mol. The Morgan fingerprint density at radius 3 is 2.91 bits per heavy atom. The summed E-state index contributed by atoms with van der Waals surface area (Å²) in [6, 6.07) is 7.09. The van der Waals surface area contributed by atoms with E-state index in [0.29, 0.717) is 28.4 Å². The molecule has 0 atom stereocenters. The molecule has 2 heterocycles. The molecule has 112 valence electrons. The van der Waals surface area contributed by atoms with Crippen molar-refractivity contribution in [1.29, 1.82) is 0 Å². The van der Waals surface area contributed by atoms with Crippen LogP contribution in [0.4, 0.5) is 5.69 Å². The fourth-order valence-electron chi connectivity index (χ4n) is 1.87. The third-order valence-corrected chi connectivity index (χ3v) is 3.39. The number of carbonyl (C=O) groups excluding carboxylic acids is 1. The average molecular weight is 315 g/mol. The Morgan fingerprint density at radius 2 is 2.14 bits per heavy atom. The fourth-order valence-corrected chi connectivity index (χ4v) is 2.20. The first-order chi connectivity index (χ1) is 10.8. The van der Waals surface area contributed by atoms with Crippen molar-refractivity contribution < 1.29 is 9.53 Å². The van der Waals surface area contributed by atoms with Gasteiger partial charge in [0, 0.05) is 5.69 Å². The van der Waals surface area contributed by atoms with E-state index in [4.69, 9.17) is 4.74 Å². The van der Waals surface area contributed by atoms with E-state index in [1.807, 2.05) is 6.26 Å². The van der Waals surface area contributed by atoms with Crippen molar-refractivity contribution in [3.8, 4) is 11.6 Å². The van der Waals surface area contributed by atoms with Crippen LogP contribution >= 0.6 is 11.8 Å². The molecule has 1 amide bonds. The minimum absolute atomic E-state index is 0.0305. The third kappa shape index (κ3) is 3.17. The summed E-state index contributed by atoms with van der Waals surface area (Å²) >= 11 is 1.48. The summed E-state index contributed by atoms with van der Waals surface area (Å²) in [5.74, 6) is 1.44. The minimum Gasteiger partial charge on any atom is -0.438 e. The van der Waals surface area contributed by atoms with E-state index in [1.165, 1.54) is 18.1 Å². The molecule has 7 nitrogen and oxygen atoms in total. The largest absolute Gasteiger partial charge is 0.438 e. The summed E-state index contributed by atoms with van der Waals surface area (Å²) in [5.41, 5.74) is 1.34. The molecule has 0 unspecified atom stereocenters. The number of hydrogen-bond acceptors (Lipinski definition) is 6. The molecule has 2 N–H and O–H groups in total. The number of carbonyl (C=O) groups is 1. The van der Waals surface area contributed by atoms with Crippen molar-refractivity contribution in [2.75, 3.05) is 17.3 Å². The molecular formula is C14H13N5O2S. The molecule has 0 saturated carbocycles. The summed E-state index contributed by atoms with van der Waals surface area (Å²) in [6.45, 7) is 0. The average Bonchev–Trinajstić information content (AvgIpc) is 2.99. The number of nitrogens with one attached hydrogen (secondary N) is 2. The quantitative estimate of drug-likeness (QED) is 0.751. The fraction of sp³-hybridized carbons (Fsp3) is 0.143. The number of anilines is 1. The molecule has 1 aromatic carbocycles. The molecule has 0 saturated heterocycles. The maximum atomic E-state index is 11.5. The molecule has 0 fully saturated rings. The lowest BCUT2D eigenvalue weighted by atomic mass is 10.3. The highest BCUT2D eigenvalue weighted by Gasteiger charge is 2.08. The molecule has 2 aromatic heterocycles. The number of rotatable bonds is 5. The van der Waals surface area contributed by atoms with Crippen LogP contribution in [0.3, 0.4) is 0 Å². The summed E-state index contributed by atoms with van der Waals surface area (Å²) in [6.07, 6.45) is 4.91. The van der Waals surface area contributed by atoms with Gasteiger partial charge in [-0.1, -0.05) is 0 Å². The Bertz CT molecular complexity index is 787. The number of benzene rings is 1. The van der Waals surface area contributed by atoms with Gasteiger partial charge in [-0.2, -0.15) is 16.9 Å². The topological polar surface area (TPSA) is 92.8 Å². The highest BCUT2D eigenvalue weighted by molar-refractivity contribution is 7.99. The highest BCUT2D eigenvalue weighted by Crippen LogP contribution is 2.26. The number of thioether (sulfide) groups is 1. The third-order valence-electron chi connectivity index (χ3n) is 2.84. The van der Waals surface area contributed by atoms with Gasteiger partial charge >= 0.3 is 0 Å². The van der Waals surface area contributed by atoms with Crippen molar-refractivity contribution >= 4 is 34.4 Å². The SMILES string of the molecule is CSCC(=O)Nc1ccc(Oc2ncnc3[nH]ncc23)cc1. The number of hydrogen-bond donors (Lipinski definition) is 2. The van der Waals surface area contributed by atoms with Crippen molar-refractivity contribution in [2.45, 2.75) is 0 Å². The van der Waals surface area contributed by atoms with Gasteiger partial charge in [0.05, 0.1) is 11.9 Å². The zero-order valence-corrected chi connectivity index (χ0v) is 12.6. The number of nitrogens with zero attached hydrogens (tertiary/aromatic N) is 3. The van der Waals surface area contributed by atoms with E-state index in [2.05, 4.69) is 25.5 Å². The monoisotopic (exact) mass is 315 g/mol. The predicted molar refractivity (Wildman–Crippen MR) is 85.2 cm³/mol. The van der Waals surface area contributed by atoms with Crippen LogP contribution in [-0.4, -0.2) is 38.1 Å². The van der Waals surface area contributed by atoms with E-state index in [9.17, 15) is 4.79 Å². The molecule has 3 rings (SSSR count). The lowest BCUT2D eigenvalue weighted by Gasteiger charge is -2.07. The summed E-state index contributed by atoms with van der Waals surface area (Å²) in [5, 5.41) is 10.2. The smallest absolute Gasteiger partial charge is 0.234 e. The predicted octanol–water partition coefficient (Wildman–Crippen LogP) is 2.45. The molecule has 0 spiro atoms. The van der Waals surface area contributed by atoms with Gasteiger partial charge in [-0.15, -0.1) is 0 Å². The second-order valence-electron chi connectivity index (χ2n) is 4.42. The van der Waals surface area contributed by atoms with E-state index in [-0.39, 0.29) is 5.91 Å². The van der Waals surface area contributed by atoms with Crippen molar-refractivity contribution in [1.82, 2.24) is 20.2 Å². The van der Waals surface area contributed by atoms with Gasteiger partial charge in [0.25, 0.3) is 0 Å². The second-order valence-corrected chi connectivity index (χ2v) is 5.28. The number of fused-ring (bicyclic) bond motifs is 1. The van der Waals surface area contributed by atoms with Crippen LogP contribution in [-0.2, 0) is 4.79 Å². The van der Waals surface area contributed by atoms with Gasteiger partial charge < -0.3 is 10.1 Å². The first-order valence-corrected chi connectivity index (χ1v) is 7.86. The number of aromatic nitrogens is 4. The summed E-state index contributed by atoms with van der Waals surface area (Å²) < 4.78 is 5.73.